The van der Waals surface area contributed by atoms with Crippen LogP contribution in [0.25, 0.3) is 0 Å². The molecule has 51 heavy (non-hydrogen) atoms. The van der Waals surface area contributed by atoms with E-state index in [9.17, 15) is 0 Å². The summed E-state index contributed by atoms with van der Waals surface area (Å²) in [6.45, 7) is 11.1. The van der Waals surface area contributed by atoms with Crippen molar-refractivity contribution in [2.24, 2.45) is 0 Å². The Labute approximate surface area is 320 Å². The van der Waals surface area contributed by atoms with Gasteiger partial charge in [-0.1, -0.05) is 0 Å². The van der Waals surface area contributed by atoms with Crippen molar-refractivity contribution >= 4 is 34.3 Å². The molecule has 0 aliphatic carbocycles. The number of ether oxygens (including phenoxy) is 10. The van der Waals surface area contributed by atoms with Gasteiger partial charge in [0.1, 0.15) is 0 Å². The molecule has 12 nitrogen and oxygen atoms in total. The van der Waals surface area contributed by atoms with Crippen LogP contribution in [0.5, 0.6) is 0 Å². The second-order valence-electron chi connectivity index (χ2n) is 11.6. The van der Waals surface area contributed by atoms with Gasteiger partial charge in [-0.3, -0.25) is 0 Å². The minimum absolute atomic E-state index is 0.0543. The summed E-state index contributed by atoms with van der Waals surface area (Å²) in [5.41, 5.74) is 0. The monoisotopic (exact) mass is 812 g/mol. The van der Waals surface area contributed by atoms with E-state index in [1.165, 1.54) is 49.3 Å². The van der Waals surface area contributed by atoms with E-state index in [1.54, 1.807) is 64.0 Å². The first-order valence-corrected chi connectivity index (χ1v) is 24.1. The molecule has 0 aliphatic rings. The van der Waals surface area contributed by atoms with Crippen LogP contribution in [-0.2, 0) is 47.4 Å². The average Bonchev–Trinajstić information content (AvgIpc) is 3.16. The zero-order valence-electron chi connectivity index (χ0n) is 34.1. The number of hydrogen-bond acceptors (Lipinski definition) is 12. The van der Waals surface area contributed by atoms with E-state index >= 15 is 0 Å². The number of rotatable bonds is 39. The van der Waals surface area contributed by atoms with E-state index in [0.717, 1.165) is 119 Å². The van der Waals surface area contributed by atoms with Crippen LogP contribution >= 0.6 is 34.3 Å². The molecule has 0 saturated heterocycles. The Morgan fingerprint density at radius 2 is 0.647 bits per heavy atom. The summed E-state index contributed by atoms with van der Waals surface area (Å²) < 4.78 is 52.7. The van der Waals surface area contributed by atoms with Gasteiger partial charge in [-0.15, -0.1) is 34.3 Å². The molecule has 0 aromatic rings. The van der Waals surface area contributed by atoms with Gasteiger partial charge in [0, 0.05) is 136 Å². The van der Waals surface area contributed by atoms with Crippen molar-refractivity contribution in [2.45, 2.75) is 57.8 Å². The molecule has 0 spiro atoms. The van der Waals surface area contributed by atoms with Gasteiger partial charge in [0.05, 0.1) is 13.2 Å². The Bertz CT molecular complexity index is 614. The highest BCUT2D eigenvalue weighted by Crippen LogP contribution is 2.18. The van der Waals surface area contributed by atoms with Gasteiger partial charge in [-0.05, 0) is 56.2 Å². The minimum atomic E-state index is -0.0548. The Balaban J connectivity index is 0. The molecule has 16 heteroatoms. The Hall–Kier alpha value is 1.24. The van der Waals surface area contributed by atoms with Crippen LogP contribution in [0.3, 0.4) is 0 Å². The summed E-state index contributed by atoms with van der Waals surface area (Å²) in [4.78, 5) is 5.07. The van der Waals surface area contributed by atoms with Crippen molar-refractivity contribution in [3.8, 4) is 0 Å². The van der Waals surface area contributed by atoms with E-state index in [4.69, 9.17) is 47.4 Å². The van der Waals surface area contributed by atoms with E-state index in [-0.39, 0.29) is 25.2 Å². The molecule has 0 aliphatic heterocycles. The van der Waals surface area contributed by atoms with Gasteiger partial charge in [0.2, 0.25) is 0 Å². The van der Waals surface area contributed by atoms with Crippen molar-refractivity contribution in [3.05, 3.63) is 0 Å². The molecule has 310 valence electrons. The fourth-order valence-corrected chi connectivity index (χ4v) is 9.54. The molecule has 0 saturated carbocycles. The van der Waals surface area contributed by atoms with Gasteiger partial charge in [-0.25, -0.2) is 0 Å². The summed E-state index contributed by atoms with van der Waals surface area (Å²) in [5, 5.41) is 0. The van der Waals surface area contributed by atoms with Crippen molar-refractivity contribution in [2.75, 3.05) is 172 Å². The molecule has 0 rings (SSSR count). The predicted octanol–water partition coefficient (Wildman–Crippen LogP) is 5.01. The van der Waals surface area contributed by atoms with Crippen molar-refractivity contribution < 1.29 is 47.4 Å². The highest BCUT2D eigenvalue weighted by molar-refractivity contribution is 7.38. The Kier molecular flexibility index (Phi) is 46.8. The van der Waals surface area contributed by atoms with Crippen molar-refractivity contribution in [3.63, 3.8) is 0 Å². The van der Waals surface area contributed by atoms with Gasteiger partial charge in [0.25, 0.3) is 0 Å². The molecule has 4 atom stereocenters. The molecule has 4 unspecified atom stereocenters. The quantitative estimate of drug-likeness (QED) is 0.0475. The van der Waals surface area contributed by atoms with Crippen LogP contribution in [0.4, 0.5) is 0 Å². The maximum atomic E-state index is 5.54. The van der Waals surface area contributed by atoms with Crippen LogP contribution < -0.4 is 0 Å². The Morgan fingerprint density at radius 3 is 0.882 bits per heavy atom. The number of methoxy groups -OCH3 is 9. The third-order valence-corrected chi connectivity index (χ3v) is 13.0. The normalized spacial score (nSPS) is 12.9. The van der Waals surface area contributed by atoms with Crippen LogP contribution in [0, 0.1) is 0 Å². The molecule has 0 radical (unpaired) electrons. The second-order valence-corrected chi connectivity index (χ2v) is 17.6. The first kappa shape index (κ1) is 54.3. The molecule has 0 N–H and O–H groups in total. The molecule has 0 aromatic heterocycles. The number of nitrogens with zero attached hydrogens (tertiary/aromatic N) is 2. The highest BCUT2D eigenvalue weighted by atomic mass is 31.1. The molecular formula is C35H80N2O10P4. The third kappa shape index (κ3) is 36.6. The van der Waals surface area contributed by atoms with Gasteiger partial charge in [-0.2, -0.15) is 0 Å². The van der Waals surface area contributed by atoms with Crippen LogP contribution in [0.15, 0.2) is 0 Å². The molecule has 0 aromatic carbocycles. The molecular weight excluding hydrogens is 732 g/mol. The lowest BCUT2D eigenvalue weighted by Gasteiger charge is -2.22. The summed E-state index contributed by atoms with van der Waals surface area (Å²) >= 11 is 0. The largest absolute Gasteiger partial charge is 0.383 e. The lowest BCUT2D eigenvalue weighted by molar-refractivity contribution is -0.102. The zero-order valence-corrected chi connectivity index (χ0v) is 38.1. The van der Waals surface area contributed by atoms with E-state index in [0.29, 0.717) is 0 Å². The number of hydrogen-bond donors (Lipinski definition) is 0. The second kappa shape index (κ2) is 44.0. The first-order chi connectivity index (χ1) is 24.9. The minimum Gasteiger partial charge on any atom is -0.383 e. The smallest absolute Gasteiger partial charge is 0.157 e. The topological polar surface area (TPSA) is 98.8 Å². The fraction of sp³-hybridized carbons (Fsp3) is 1.00. The standard InChI is InChI=1S/C18H41NO5P2.C17H39NO5P2/c1-6-24-12-9-19(10-15-25-13-7-17(20-2)21-3)11-16-26-14-8-18(22-4)23-5;1-19-11-8-18(9-14-24-12-6-16(20-2)21-3)10-15-25-13-7-17(22-4)23-5/h17-18,25-26H,6-16H2,1-5H3;16-17,24-25H,6-15H2,1-5H3. The summed E-state index contributed by atoms with van der Waals surface area (Å²) in [6.07, 6.45) is 13.3. The SMILES string of the molecule is CCOCCN(CCPCCC(OC)OC)CCPCCC(OC)OC.COCCN(CCPCCC(OC)OC)CCPCCC(OC)OC. The van der Waals surface area contributed by atoms with Gasteiger partial charge < -0.3 is 57.2 Å². The summed E-state index contributed by atoms with van der Waals surface area (Å²) in [5.74, 6) is 0. The van der Waals surface area contributed by atoms with Crippen molar-refractivity contribution in [1.82, 2.24) is 9.80 Å². The van der Waals surface area contributed by atoms with Gasteiger partial charge in [0.15, 0.2) is 25.2 Å². The molecule has 0 amide bonds. The molecule has 0 heterocycles. The Morgan fingerprint density at radius 1 is 0.373 bits per heavy atom. The van der Waals surface area contributed by atoms with E-state index in [1.807, 2.05) is 0 Å². The highest BCUT2D eigenvalue weighted by Gasteiger charge is 2.10. The zero-order chi connectivity index (χ0) is 38.2. The maximum Gasteiger partial charge on any atom is 0.157 e. The summed E-state index contributed by atoms with van der Waals surface area (Å²) in [6, 6.07) is 0. The maximum absolute atomic E-state index is 5.54. The lowest BCUT2D eigenvalue weighted by atomic mass is 10.5. The first-order valence-electron chi connectivity index (χ1n) is 18.5. The van der Waals surface area contributed by atoms with E-state index in [2.05, 4.69) is 16.7 Å². The average molecular weight is 813 g/mol. The van der Waals surface area contributed by atoms with Crippen LogP contribution in [0.1, 0.15) is 32.6 Å². The third-order valence-electron chi connectivity index (χ3n) is 8.12. The predicted molar refractivity (Wildman–Crippen MR) is 223 cm³/mol. The lowest BCUT2D eigenvalue weighted by Crippen LogP contribution is -2.32. The molecule has 0 bridgehead atoms. The fourth-order valence-electron chi connectivity index (χ4n) is 4.89. The summed E-state index contributed by atoms with van der Waals surface area (Å²) in [7, 11) is 19.2. The van der Waals surface area contributed by atoms with Gasteiger partial charge >= 0.3 is 0 Å². The van der Waals surface area contributed by atoms with E-state index < -0.39 is 0 Å². The van der Waals surface area contributed by atoms with Crippen molar-refractivity contribution in [1.29, 1.82) is 0 Å². The molecule has 0 fully saturated rings. The van der Waals surface area contributed by atoms with Crippen LogP contribution in [0.2, 0.25) is 0 Å². The van der Waals surface area contributed by atoms with Crippen LogP contribution in [-0.4, -0.2) is 207 Å².